The molecule has 0 aliphatic carbocycles. The lowest BCUT2D eigenvalue weighted by Crippen LogP contribution is -2.53. The van der Waals surface area contributed by atoms with Crippen LogP contribution in [0.2, 0.25) is 0 Å². The second-order valence-corrected chi connectivity index (χ2v) is 6.87. The van der Waals surface area contributed by atoms with Crippen molar-refractivity contribution in [2.24, 2.45) is 5.92 Å². The number of nitrogens with zero attached hydrogens (tertiary/aromatic N) is 3. The monoisotopic (exact) mass is 319 g/mol. The van der Waals surface area contributed by atoms with Crippen LogP contribution in [0.4, 0.5) is 4.39 Å². The second kappa shape index (κ2) is 6.97. The van der Waals surface area contributed by atoms with E-state index in [9.17, 15) is 9.18 Å². The summed E-state index contributed by atoms with van der Waals surface area (Å²) >= 11 is 0. The number of carbonyl (C=O) groups excluding carboxylic acids is 1. The summed E-state index contributed by atoms with van der Waals surface area (Å²) in [5.74, 6) is 0.634. The van der Waals surface area contributed by atoms with E-state index < -0.39 is 0 Å². The third kappa shape index (κ3) is 3.72. The van der Waals surface area contributed by atoms with Crippen molar-refractivity contribution in [1.29, 1.82) is 0 Å². The first-order chi connectivity index (χ1) is 11.0. The number of hydrogen-bond acceptors (Lipinski definition) is 3. The Labute approximate surface area is 137 Å². The Morgan fingerprint density at radius 2 is 1.87 bits per heavy atom. The van der Waals surface area contributed by atoms with E-state index in [0.29, 0.717) is 18.5 Å². The van der Waals surface area contributed by atoms with Gasteiger partial charge in [0.1, 0.15) is 5.82 Å². The molecule has 2 heterocycles. The molecule has 0 saturated carbocycles. The lowest BCUT2D eigenvalue weighted by Gasteiger charge is -2.39. The van der Waals surface area contributed by atoms with Gasteiger partial charge in [-0.05, 0) is 12.0 Å². The molecule has 5 heteroatoms. The number of halogens is 1. The molecular weight excluding hydrogens is 293 g/mol. The zero-order chi connectivity index (χ0) is 16.4. The van der Waals surface area contributed by atoms with E-state index >= 15 is 0 Å². The molecule has 1 aromatic carbocycles. The first kappa shape index (κ1) is 16.4. The van der Waals surface area contributed by atoms with Crippen molar-refractivity contribution < 1.29 is 9.18 Å². The van der Waals surface area contributed by atoms with Gasteiger partial charge in [-0.25, -0.2) is 4.39 Å². The van der Waals surface area contributed by atoms with Gasteiger partial charge < -0.3 is 4.90 Å². The van der Waals surface area contributed by atoms with E-state index in [-0.39, 0.29) is 11.7 Å². The minimum Gasteiger partial charge on any atom is -0.340 e. The SMILES string of the molecule is CC(=O)N1CCN([C@@H]2CN(Cc3ccccc3F)C[C@@H]2C)CC1. The van der Waals surface area contributed by atoms with Gasteiger partial charge in [0.2, 0.25) is 5.91 Å². The van der Waals surface area contributed by atoms with Crippen molar-refractivity contribution in [1.82, 2.24) is 14.7 Å². The molecule has 2 aliphatic heterocycles. The highest BCUT2D eigenvalue weighted by molar-refractivity contribution is 5.73. The molecule has 0 aromatic heterocycles. The molecule has 1 aromatic rings. The molecule has 0 spiro atoms. The zero-order valence-electron chi connectivity index (χ0n) is 14.0. The molecule has 0 N–H and O–H groups in total. The largest absolute Gasteiger partial charge is 0.340 e. The predicted molar refractivity (Wildman–Crippen MR) is 88.5 cm³/mol. The summed E-state index contributed by atoms with van der Waals surface area (Å²) < 4.78 is 13.8. The molecule has 23 heavy (non-hydrogen) atoms. The Kier molecular flexibility index (Phi) is 4.97. The Hall–Kier alpha value is -1.46. The Morgan fingerprint density at radius 3 is 2.52 bits per heavy atom. The van der Waals surface area contributed by atoms with Crippen LogP contribution >= 0.6 is 0 Å². The van der Waals surface area contributed by atoms with E-state index in [4.69, 9.17) is 0 Å². The number of benzene rings is 1. The van der Waals surface area contributed by atoms with Crippen LogP contribution in [0.3, 0.4) is 0 Å². The number of piperazine rings is 1. The van der Waals surface area contributed by atoms with Crippen LogP contribution in [-0.2, 0) is 11.3 Å². The minimum absolute atomic E-state index is 0.112. The lowest BCUT2D eigenvalue weighted by atomic mass is 10.0. The van der Waals surface area contributed by atoms with Crippen molar-refractivity contribution in [3.05, 3.63) is 35.6 Å². The summed E-state index contributed by atoms with van der Waals surface area (Å²) in [7, 11) is 0. The lowest BCUT2D eigenvalue weighted by molar-refractivity contribution is -0.130. The third-order valence-electron chi connectivity index (χ3n) is 5.23. The zero-order valence-corrected chi connectivity index (χ0v) is 14.0. The Morgan fingerprint density at radius 1 is 1.17 bits per heavy atom. The quantitative estimate of drug-likeness (QED) is 0.850. The molecule has 0 radical (unpaired) electrons. The summed E-state index contributed by atoms with van der Waals surface area (Å²) in [5.41, 5.74) is 0.779. The maximum atomic E-state index is 13.8. The van der Waals surface area contributed by atoms with Gasteiger partial charge in [0, 0.05) is 64.3 Å². The van der Waals surface area contributed by atoms with Crippen molar-refractivity contribution in [2.75, 3.05) is 39.3 Å². The Balaban J connectivity index is 1.57. The molecule has 3 rings (SSSR count). The van der Waals surface area contributed by atoms with Gasteiger partial charge in [0.05, 0.1) is 0 Å². The summed E-state index contributed by atoms with van der Waals surface area (Å²) in [6.07, 6.45) is 0. The fraction of sp³-hybridized carbons (Fsp3) is 0.611. The van der Waals surface area contributed by atoms with Gasteiger partial charge in [0.25, 0.3) is 0 Å². The second-order valence-electron chi connectivity index (χ2n) is 6.87. The fourth-order valence-corrected chi connectivity index (χ4v) is 3.89. The van der Waals surface area contributed by atoms with Crippen LogP contribution in [0.1, 0.15) is 19.4 Å². The van der Waals surface area contributed by atoms with Gasteiger partial charge in [-0.15, -0.1) is 0 Å². The van der Waals surface area contributed by atoms with Crippen molar-refractivity contribution in [2.45, 2.75) is 26.4 Å². The average molecular weight is 319 g/mol. The van der Waals surface area contributed by atoms with E-state index in [1.807, 2.05) is 17.0 Å². The number of hydrogen-bond donors (Lipinski definition) is 0. The number of rotatable bonds is 3. The van der Waals surface area contributed by atoms with Gasteiger partial charge in [-0.3, -0.25) is 14.6 Å². The van der Waals surface area contributed by atoms with Gasteiger partial charge >= 0.3 is 0 Å². The maximum absolute atomic E-state index is 13.8. The molecule has 0 unspecified atom stereocenters. The molecule has 1 amide bonds. The summed E-state index contributed by atoms with van der Waals surface area (Å²) in [6, 6.07) is 7.56. The van der Waals surface area contributed by atoms with Gasteiger partial charge in [-0.1, -0.05) is 25.1 Å². The highest BCUT2D eigenvalue weighted by Gasteiger charge is 2.35. The van der Waals surface area contributed by atoms with Crippen LogP contribution in [0.15, 0.2) is 24.3 Å². The van der Waals surface area contributed by atoms with Gasteiger partial charge in [0.15, 0.2) is 0 Å². The van der Waals surface area contributed by atoms with E-state index in [0.717, 1.165) is 44.8 Å². The molecule has 0 bridgehead atoms. The maximum Gasteiger partial charge on any atom is 0.219 e. The highest BCUT2D eigenvalue weighted by atomic mass is 19.1. The average Bonchev–Trinajstić information content (AvgIpc) is 2.90. The number of carbonyl (C=O) groups is 1. The first-order valence-electron chi connectivity index (χ1n) is 8.50. The molecule has 126 valence electrons. The molecule has 2 saturated heterocycles. The summed E-state index contributed by atoms with van der Waals surface area (Å²) in [4.78, 5) is 18.2. The molecule has 4 nitrogen and oxygen atoms in total. The normalized spacial score (nSPS) is 26.7. The predicted octanol–water partition coefficient (Wildman–Crippen LogP) is 1.81. The van der Waals surface area contributed by atoms with E-state index in [1.54, 1.807) is 13.0 Å². The van der Waals surface area contributed by atoms with Crippen molar-refractivity contribution >= 4 is 5.91 Å². The molecular formula is C18H26FN3O. The topological polar surface area (TPSA) is 26.8 Å². The van der Waals surface area contributed by atoms with Crippen LogP contribution < -0.4 is 0 Å². The standard InChI is InChI=1S/C18H26FN3O/c1-14-11-20(12-16-5-3-4-6-17(16)19)13-18(14)22-9-7-21(8-10-22)15(2)23/h3-6,14,18H,7-13H2,1-2H3/t14-,18+/m0/s1. The van der Waals surface area contributed by atoms with Gasteiger partial charge in [-0.2, -0.15) is 0 Å². The van der Waals surface area contributed by atoms with Crippen LogP contribution in [0.25, 0.3) is 0 Å². The number of likely N-dealkylation sites (tertiary alicyclic amines) is 1. The number of amides is 1. The molecule has 2 fully saturated rings. The first-order valence-corrected chi connectivity index (χ1v) is 8.50. The fourth-order valence-electron chi connectivity index (χ4n) is 3.89. The highest BCUT2D eigenvalue weighted by Crippen LogP contribution is 2.25. The van der Waals surface area contributed by atoms with Crippen LogP contribution in [-0.4, -0.2) is 65.9 Å². The van der Waals surface area contributed by atoms with Crippen LogP contribution in [0.5, 0.6) is 0 Å². The van der Waals surface area contributed by atoms with Crippen molar-refractivity contribution in [3.63, 3.8) is 0 Å². The van der Waals surface area contributed by atoms with Crippen molar-refractivity contribution in [3.8, 4) is 0 Å². The van der Waals surface area contributed by atoms with Crippen LogP contribution in [0, 0.1) is 11.7 Å². The summed E-state index contributed by atoms with van der Waals surface area (Å²) in [5, 5.41) is 0. The van der Waals surface area contributed by atoms with E-state index in [2.05, 4.69) is 16.7 Å². The molecule has 2 aliphatic rings. The smallest absolute Gasteiger partial charge is 0.219 e. The minimum atomic E-state index is -0.112. The molecule has 2 atom stereocenters. The van der Waals surface area contributed by atoms with E-state index in [1.165, 1.54) is 6.07 Å². The Bertz CT molecular complexity index is 557. The third-order valence-corrected chi connectivity index (χ3v) is 5.23. The summed E-state index contributed by atoms with van der Waals surface area (Å²) in [6.45, 7) is 10.1.